The second-order valence-electron chi connectivity index (χ2n) is 5.02. The minimum Gasteiger partial charge on any atom is -0.479 e. The Morgan fingerprint density at radius 3 is 2.45 bits per heavy atom. The Morgan fingerprint density at radius 1 is 0.950 bits per heavy atom. The van der Waals surface area contributed by atoms with Gasteiger partial charge in [0, 0.05) is 0 Å². The number of benzene rings is 2. The van der Waals surface area contributed by atoms with E-state index in [0.29, 0.717) is 16.9 Å². The van der Waals surface area contributed by atoms with Crippen molar-refractivity contribution in [1.29, 1.82) is 0 Å². The van der Waals surface area contributed by atoms with E-state index in [1.165, 1.54) is 0 Å². The maximum Gasteiger partial charge on any atom is 0.519 e. The molecule has 4 nitrogen and oxygen atoms in total. The SMILES string of the molecule is CC(C)(Oc1cccc2oc(=O)oc12)c1ccccc1. The minimum absolute atomic E-state index is 0.335. The Labute approximate surface area is 115 Å². The zero-order valence-electron chi connectivity index (χ0n) is 11.3. The molecule has 1 aromatic heterocycles. The number of rotatable bonds is 3. The molecule has 0 bridgehead atoms. The summed E-state index contributed by atoms with van der Waals surface area (Å²) in [6.07, 6.45) is 0. The summed E-state index contributed by atoms with van der Waals surface area (Å²) < 4.78 is 16.0. The average molecular weight is 270 g/mol. The fourth-order valence-corrected chi connectivity index (χ4v) is 2.12. The molecule has 0 saturated heterocycles. The molecule has 0 atom stereocenters. The number of para-hydroxylation sites is 1. The molecule has 0 saturated carbocycles. The van der Waals surface area contributed by atoms with Gasteiger partial charge in [-0.2, -0.15) is 0 Å². The van der Waals surface area contributed by atoms with E-state index in [0.717, 1.165) is 5.56 Å². The quantitative estimate of drug-likeness (QED) is 0.728. The molecule has 3 rings (SSSR count). The van der Waals surface area contributed by atoms with Gasteiger partial charge in [0.2, 0.25) is 5.58 Å². The molecule has 0 fully saturated rings. The summed E-state index contributed by atoms with van der Waals surface area (Å²) in [6, 6.07) is 15.0. The van der Waals surface area contributed by atoms with Gasteiger partial charge in [-0.25, -0.2) is 4.79 Å². The van der Waals surface area contributed by atoms with Crippen LogP contribution in [0.2, 0.25) is 0 Å². The second-order valence-corrected chi connectivity index (χ2v) is 5.02. The van der Waals surface area contributed by atoms with E-state index in [2.05, 4.69) is 0 Å². The molecule has 0 radical (unpaired) electrons. The van der Waals surface area contributed by atoms with Gasteiger partial charge in [-0.15, -0.1) is 0 Å². The van der Waals surface area contributed by atoms with Gasteiger partial charge < -0.3 is 13.6 Å². The summed E-state index contributed by atoms with van der Waals surface area (Å²) in [5.41, 5.74) is 1.20. The minimum atomic E-state index is -0.728. The lowest BCUT2D eigenvalue weighted by Gasteiger charge is -2.26. The van der Waals surface area contributed by atoms with Gasteiger partial charge in [0.15, 0.2) is 11.3 Å². The lowest BCUT2D eigenvalue weighted by Crippen LogP contribution is -2.25. The van der Waals surface area contributed by atoms with Gasteiger partial charge in [-0.05, 0) is 31.5 Å². The third-order valence-corrected chi connectivity index (χ3v) is 3.16. The first-order chi connectivity index (χ1) is 9.56. The summed E-state index contributed by atoms with van der Waals surface area (Å²) in [4.78, 5) is 11.2. The second kappa shape index (κ2) is 4.56. The van der Waals surface area contributed by atoms with Crippen molar-refractivity contribution >= 4 is 11.2 Å². The number of fused-ring (bicyclic) bond motifs is 1. The standard InChI is InChI=1S/C16H14O4/c1-16(2,11-7-4-3-5-8-11)20-13-10-6-9-12-14(13)19-15(17)18-12/h3-10H,1-2H3. The highest BCUT2D eigenvalue weighted by atomic mass is 16.6. The van der Waals surface area contributed by atoms with Crippen molar-refractivity contribution in [3.63, 3.8) is 0 Å². The van der Waals surface area contributed by atoms with Crippen molar-refractivity contribution in [2.45, 2.75) is 19.4 Å². The third-order valence-electron chi connectivity index (χ3n) is 3.16. The van der Waals surface area contributed by atoms with Crippen LogP contribution in [0.4, 0.5) is 0 Å². The Bertz CT molecular complexity index is 781. The number of hydrogen-bond donors (Lipinski definition) is 0. The predicted molar refractivity (Wildman–Crippen MR) is 74.8 cm³/mol. The maximum absolute atomic E-state index is 11.2. The lowest BCUT2D eigenvalue weighted by atomic mass is 9.98. The van der Waals surface area contributed by atoms with Gasteiger partial charge in [-0.3, -0.25) is 0 Å². The van der Waals surface area contributed by atoms with E-state index in [-0.39, 0.29) is 0 Å². The molecule has 0 aliphatic heterocycles. The van der Waals surface area contributed by atoms with Crippen LogP contribution < -0.4 is 10.6 Å². The summed E-state index contributed by atoms with van der Waals surface area (Å²) in [6.45, 7) is 3.92. The van der Waals surface area contributed by atoms with Crippen LogP contribution in [0.1, 0.15) is 19.4 Å². The Hall–Kier alpha value is -2.49. The van der Waals surface area contributed by atoms with Crippen molar-refractivity contribution in [2.24, 2.45) is 0 Å². The smallest absolute Gasteiger partial charge is 0.479 e. The third kappa shape index (κ3) is 2.20. The Kier molecular flexibility index (Phi) is 2.86. The highest BCUT2D eigenvalue weighted by molar-refractivity contribution is 5.77. The average Bonchev–Trinajstić information content (AvgIpc) is 2.81. The fourth-order valence-electron chi connectivity index (χ4n) is 2.12. The van der Waals surface area contributed by atoms with Crippen LogP contribution in [0.3, 0.4) is 0 Å². The van der Waals surface area contributed by atoms with Crippen molar-refractivity contribution in [3.8, 4) is 5.75 Å². The molecule has 0 N–H and O–H groups in total. The number of ether oxygens (including phenoxy) is 1. The van der Waals surface area contributed by atoms with Crippen molar-refractivity contribution in [2.75, 3.05) is 0 Å². The maximum atomic E-state index is 11.2. The summed E-state index contributed by atoms with van der Waals surface area (Å²) in [7, 11) is 0. The first-order valence-corrected chi connectivity index (χ1v) is 6.33. The first kappa shape index (κ1) is 12.5. The van der Waals surface area contributed by atoms with E-state index in [4.69, 9.17) is 13.6 Å². The summed E-state index contributed by atoms with van der Waals surface area (Å²) in [5, 5.41) is 0. The van der Waals surface area contributed by atoms with Crippen LogP contribution in [-0.2, 0) is 5.60 Å². The molecule has 0 aliphatic rings. The van der Waals surface area contributed by atoms with E-state index in [1.54, 1.807) is 18.2 Å². The van der Waals surface area contributed by atoms with Crippen molar-refractivity contribution in [1.82, 2.24) is 0 Å². The zero-order chi connectivity index (χ0) is 14.2. The van der Waals surface area contributed by atoms with Gasteiger partial charge in [0.1, 0.15) is 5.60 Å². The van der Waals surface area contributed by atoms with Crippen LogP contribution >= 0.6 is 0 Å². The molecule has 2 aromatic carbocycles. The van der Waals surface area contributed by atoms with Crippen LogP contribution in [-0.4, -0.2) is 0 Å². The zero-order valence-corrected chi connectivity index (χ0v) is 11.3. The van der Waals surface area contributed by atoms with Crippen LogP contribution in [0.15, 0.2) is 62.2 Å². The topological polar surface area (TPSA) is 52.6 Å². The molecular weight excluding hydrogens is 256 g/mol. The fraction of sp³-hybridized carbons (Fsp3) is 0.188. The number of hydrogen-bond acceptors (Lipinski definition) is 4. The van der Waals surface area contributed by atoms with Gasteiger partial charge in [-0.1, -0.05) is 36.4 Å². The molecule has 0 spiro atoms. The van der Waals surface area contributed by atoms with E-state index < -0.39 is 11.4 Å². The van der Waals surface area contributed by atoms with Crippen LogP contribution in [0.5, 0.6) is 5.75 Å². The molecule has 102 valence electrons. The summed E-state index contributed by atoms with van der Waals surface area (Å²) in [5.74, 6) is -0.240. The van der Waals surface area contributed by atoms with Gasteiger partial charge in [0.25, 0.3) is 0 Å². The molecule has 20 heavy (non-hydrogen) atoms. The van der Waals surface area contributed by atoms with Crippen LogP contribution in [0, 0.1) is 0 Å². The highest BCUT2D eigenvalue weighted by Gasteiger charge is 2.24. The Balaban J connectivity index is 2.03. The summed E-state index contributed by atoms with van der Waals surface area (Å²) >= 11 is 0. The molecule has 1 heterocycles. The normalized spacial score (nSPS) is 11.7. The monoisotopic (exact) mass is 270 g/mol. The molecule has 0 aliphatic carbocycles. The Morgan fingerprint density at radius 2 is 1.70 bits per heavy atom. The van der Waals surface area contributed by atoms with E-state index >= 15 is 0 Å². The molecule has 0 unspecified atom stereocenters. The lowest BCUT2D eigenvalue weighted by molar-refractivity contribution is 0.109. The van der Waals surface area contributed by atoms with E-state index in [1.807, 2.05) is 44.2 Å². The highest BCUT2D eigenvalue weighted by Crippen LogP contribution is 2.32. The molecule has 3 aromatic rings. The molecular formula is C16H14O4. The first-order valence-electron chi connectivity index (χ1n) is 6.33. The predicted octanol–water partition coefficient (Wildman–Crippen LogP) is 3.70. The van der Waals surface area contributed by atoms with Crippen LogP contribution in [0.25, 0.3) is 11.2 Å². The van der Waals surface area contributed by atoms with Gasteiger partial charge >= 0.3 is 5.82 Å². The largest absolute Gasteiger partial charge is 0.519 e. The van der Waals surface area contributed by atoms with Crippen molar-refractivity contribution < 1.29 is 13.6 Å². The van der Waals surface area contributed by atoms with E-state index in [9.17, 15) is 4.79 Å². The van der Waals surface area contributed by atoms with Gasteiger partial charge in [0.05, 0.1) is 0 Å². The van der Waals surface area contributed by atoms with Crippen molar-refractivity contribution in [3.05, 3.63) is 64.7 Å². The molecule has 4 heteroatoms. The molecule has 0 amide bonds.